The fourth-order valence-electron chi connectivity index (χ4n) is 6.21. The van der Waals surface area contributed by atoms with Crippen molar-refractivity contribution in [3.05, 3.63) is 99.9 Å². The summed E-state index contributed by atoms with van der Waals surface area (Å²) < 4.78 is 94.2. The Balaban J connectivity index is 1.24. The average Bonchev–Trinajstić information content (AvgIpc) is 3.53. The Morgan fingerprint density at radius 2 is 1.52 bits per heavy atom. The number of nitrogens with one attached hydrogen (secondary N) is 1. The Bertz CT molecular complexity index is 1550. The van der Waals surface area contributed by atoms with Crippen LogP contribution in [0.5, 0.6) is 0 Å². The predicted octanol–water partition coefficient (Wildman–Crippen LogP) is 5.76. The van der Waals surface area contributed by atoms with Gasteiger partial charge in [-0.05, 0) is 23.3 Å². The zero-order valence-electron chi connectivity index (χ0n) is 24.9. The summed E-state index contributed by atoms with van der Waals surface area (Å²) >= 11 is 0. The number of aliphatic hydroxyl groups is 1. The molecule has 3 aromatic rings. The van der Waals surface area contributed by atoms with Crippen molar-refractivity contribution in [2.45, 2.75) is 50.7 Å². The topological polar surface area (TPSA) is 89.5 Å². The van der Waals surface area contributed by atoms with Crippen LogP contribution in [0, 0.1) is 35.0 Å². The molecular weight excluding hydrogens is 615 g/mol. The molecule has 4 atom stereocenters. The Kier molecular flexibility index (Phi) is 9.42. The van der Waals surface area contributed by atoms with Gasteiger partial charge in [-0.1, -0.05) is 43.3 Å². The summed E-state index contributed by atoms with van der Waals surface area (Å²) in [6, 6.07) is 13.5. The number of hydrogen-bond acceptors (Lipinski definition) is 7. The van der Waals surface area contributed by atoms with Crippen LogP contribution in [-0.4, -0.2) is 60.7 Å². The van der Waals surface area contributed by atoms with E-state index >= 15 is 0 Å². The number of anilines is 1. The molecule has 1 amide bonds. The highest BCUT2D eigenvalue weighted by Gasteiger charge is 2.43. The van der Waals surface area contributed by atoms with Crippen molar-refractivity contribution in [1.29, 1.82) is 0 Å². The summed E-state index contributed by atoms with van der Waals surface area (Å²) in [7, 11) is 0. The fourth-order valence-corrected chi connectivity index (χ4v) is 6.21. The molecule has 3 fully saturated rings. The van der Waals surface area contributed by atoms with E-state index in [4.69, 9.17) is 18.9 Å². The van der Waals surface area contributed by atoms with Crippen LogP contribution in [0.4, 0.5) is 27.6 Å². The van der Waals surface area contributed by atoms with Crippen molar-refractivity contribution in [1.82, 2.24) is 4.90 Å². The van der Waals surface area contributed by atoms with Gasteiger partial charge in [-0.2, -0.15) is 0 Å². The normalized spacial score (nSPS) is 24.8. The molecule has 0 bridgehead atoms. The highest BCUT2D eigenvalue weighted by molar-refractivity contribution is 6.04. The third-order valence-corrected chi connectivity index (χ3v) is 8.85. The molecule has 0 saturated carbocycles. The molecule has 0 aromatic heterocycles. The second-order valence-electron chi connectivity index (χ2n) is 11.8. The number of piperidine rings is 1. The molecule has 8 nitrogen and oxygen atoms in total. The van der Waals surface area contributed by atoms with Crippen molar-refractivity contribution < 1.29 is 50.8 Å². The van der Waals surface area contributed by atoms with E-state index in [2.05, 4.69) is 10.2 Å². The molecule has 0 aliphatic carbocycles. The van der Waals surface area contributed by atoms with E-state index in [-0.39, 0.29) is 24.3 Å². The minimum Gasteiger partial charge on any atom is -0.392 e. The number of benzene rings is 3. The molecule has 13 heteroatoms. The Morgan fingerprint density at radius 3 is 2.15 bits per heavy atom. The molecule has 3 aliphatic rings. The summed E-state index contributed by atoms with van der Waals surface area (Å²) in [6.45, 7) is 5.16. The predicted molar refractivity (Wildman–Crippen MR) is 154 cm³/mol. The van der Waals surface area contributed by atoms with Crippen molar-refractivity contribution in [2.75, 3.05) is 38.2 Å². The lowest BCUT2D eigenvalue weighted by atomic mass is 9.89. The maximum absolute atomic E-state index is 14.3. The molecule has 3 aliphatic heterocycles. The van der Waals surface area contributed by atoms with E-state index in [9.17, 15) is 31.9 Å². The van der Waals surface area contributed by atoms with E-state index in [0.29, 0.717) is 25.3 Å². The van der Waals surface area contributed by atoms with Gasteiger partial charge in [0.15, 0.2) is 35.3 Å². The zero-order chi connectivity index (χ0) is 32.6. The molecule has 2 N–H and O–H groups in total. The number of ether oxygens (including phenoxy) is 4. The smallest absolute Gasteiger partial charge is 0.261 e. The summed E-state index contributed by atoms with van der Waals surface area (Å²) in [5.41, 5.74) is 0.491. The molecule has 1 spiro atoms. The Labute approximate surface area is 262 Å². The zero-order valence-corrected chi connectivity index (χ0v) is 24.9. The van der Waals surface area contributed by atoms with Crippen molar-refractivity contribution in [3.63, 3.8) is 0 Å². The lowest BCUT2D eigenvalue weighted by molar-refractivity contribution is -0.278. The van der Waals surface area contributed by atoms with Crippen molar-refractivity contribution in [2.24, 2.45) is 5.92 Å². The molecular formula is C33H33F5N2O6. The molecule has 0 radical (unpaired) electrons. The minimum atomic E-state index is -2.35. The van der Waals surface area contributed by atoms with Crippen LogP contribution in [0.15, 0.2) is 48.5 Å². The van der Waals surface area contributed by atoms with Gasteiger partial charge in [-0.3, -0.25) is 4.79 Å². The third-order valence-electron chi connectivity index (χ3n) is 8.85. The van der Waals surface area contributed by atoms with Crippen molar-refractivity contribution in [3.8, 4) is 0 Å². The van der Waals surface area contributed by atoms with E-state index < -0.39 is 58.7 Å². The quantitative estimate of drug-likeness (QED) is 0.192. The number of halogens is 5. The lowest BCUT2D eigenvalue weighted by Crippen LogP contribution is -2.50. The van der Waals surface area contributed by atoms with Crippen LogP contribution >= 0.6 is 0 Å². The van der Waals surface area contributed by atoms with Gasteiger partial charge in [-0.25, -0.2) is 22.0 Å². The molecule has 3 aromatic carbocycles. The molecule has 246 valence electrons. The second kappa shape index (κ2) is 13.3. The number of carbonyl (C=O) groups is 1. The maximum atomic E-state index is 14.3. The van der Waals surface area contributed by atoms with Gasteiger partial charge >= 0.3 is 0 Å². The van der Waals surface area contributed by atoms with Crippen LogP contribution in [-0.2, 0) is 25.6 Å². The van der Waals surface area contributed by atoms with Crippen LogP contribution in [0.3, 0.4) is 0 Å². The number of rotatable bonds is 7. The molecule has 6 rings (SSSR count). The third kappa shape index (κ3) is 6.40. The van der Waals surface area contributed by atoms with Gasteiger partial charge in [0, 0.05) is 49.6 Å². The highest BCUT2D eigenvalue weighted by Crippen LogP contribution is 2.43. The standard InChI is InChI=1S/C33H33F5N2O6/c1-18-23(16-40-11-9-33(10-12-40)43-13-14-44-33)45-32(46-30(18)20-7-5-19(17-41)6-8-20)21-3-2-4-22(15-21)39-31(42)24-25(34)27(36)29(38)28(37)26(24)35/h2-8,15,18,23,30,32,41H,9-14,16-17H2,1H3,(H,39,42)/t18-,23+,30+,32+/m0/s1. The summed E-state index contributed by atoms with van der Waals surface area (Å²) in [5.74, 6) is -13.4. The van der Waals surface area contributed by atoms with Crippen LogP contribution in [0.1, 0.15) is 59.2 Å². The van der Waals surface area contributed by atoms with Gasteiger partial charge in [0.1, 0.15) is 5.56 Å². The Morgan fingerprint density at radius 1 is 0.891 bits per heavy atom. The first kappa shape index (κ1) is 32.5. The first-order valence-electron chi connectivity index (χ1n) is 15.0. The van der Waals surface area contributed by atoms with Gasteiger partial charge in [0.25, 0.3) is 5.91 Å². The molecule has 46 heavy (non-hydrogen) atoms. The summed E-state index contributed by atoms with van der Waals surface area (Å²) in [4.78, 5) is 15.0. The maximum Gasteiger partial charge on any atom is 0.261 e. The monoisotopic (exact) mass is 648 g/mol. The SMILES string of the molecule is C[C@H]1[C@@H](CN2CCC3(CC2)OCCO3)O[C@@H](c2cccc(NC(=O)c3c(F)c(F)c(F)c(F)c3F)c2)O[C@H]1c1ccc(CO)cc1. The van der Waals surface area contributed by atoms with Gasteiger partial charge < -0.3 is 34.3 Å². The first-order chi connectivity index (χ1) is 22.1. The van der Waals surface area contributed by atoms with Gasteiger partial charge in [0.05, 0.1) is 32.0 Å². The number of amides is 1. The molecule has 0 unspecified atom stereocenters. The highest BCUT2D eigenvalue weighted by atomic mass is 19.2. The van der Waals surface area contributed by atoms with E-state index in [1.807, 2.05) is 31.2 Å². The largest absolute Gasteiger partial charge is 0.392 e. The lowest BCUT2D eigenvalue weighted by Gasteiger charge is -2.44. The molecule has 3 heterocycles. The fraction of sp³-hybridized carbons (Fsp3) is 0.424. The number of likely N-dealkylation sites (tertiary alicyclic amines) is 1. The van der Waals surface area contributed by atoms with E-state index in [0.717, 1.165) is 37.1 Å². The minimum absolute atomic E-state index is 0.0237. The summed E-state index contributed by atoms with van der Waals surface area (Å²) in [5, 5.41) is 11.7. The van der Waals surface area contributed by atoms with Crippen LogP contribution in [0.25, 0.3) is 0 Å². The Hall–Kier alpha value is -3.46. The summed E-state index contributed by atoms with van der Waals surface area (Å²) in [6.07, 6.45) is -0.226. The van der Waals surface area contributed by atoms with Crippen molar-refractivity contribution >= 4 is 11.6 Å². The average molecular weight is 649 g/mol. The van der Waals surface area contributed by atoms with Gasteiger partial charge in [0.2, 0.25) is 5.82 Å². The van der Waals surface area contributed by atoms with E-state index in [1.54, 1.807) is 12.1 Å². The number of aliphatic hydroxyl groups excluding tert-OH is 1. The molecule has 3 saturated heterocycles. The number of nitrogens with zero attached hydrogens (tertiary/aromatic N) is 1. The first-order valence-corrected chi connectivity index (χ1v) is 15.0. The number of hydrogen-bond donors (Lipinski definition) is 2. The van der Waals surface area contributed by atoms with E-state index in [1.165, 1.54) is 12.1 Å². The second-order valence-corrected chi connectivity index (χ2v) is 11.8. The van der Waals surface area contributed by atoms with Crippen LogP contribution < -0.4 is 5.32 Å². The van der Waals surface area contributed by atoms with Crippen LogP contribution in [0.2, 0.25) is 0 Å². The van der Waals surface area contributed by atoms with Gasteiger partial charge in [-0.15, -0.1) is 0 Å². The number of carbonyl (C=O) groups excluding carboxylic acids is 1.